The van der Waals surface area contributed by atoms with Crippen LogP contribution >= 0.6 is 0 Å². The van der Waals surface area contributed by atoms with E-state index in [1.165, 1.54) is 0 Å². The second kappa shape index (κ2) is 6.15. The van der Waals surface area contributed by atoms with Gasteiger partial charge in [-0.05, 0) is 25.0 Å². The van der Waals surface area contributed by atoms with Gasteiger partial charge in [0.25, 0.3) is 0 Å². The van der Waals surface area contributed by atoms with Crippen LogP contribution < -0.4 is 5.32 Å². The molecule has 1 heterocycles. The molecule has 3 nitrogen and oxygen atoms in total. The summed E-state index contributed by atoms with van der Waals surface area (Å²) in [7, 11) is 0. The number of hydrogen-bond acceptors (Lipinski definition) is 3. The van der Waals surface area contributed by atoms with Crippen LogP contribution in [0.1, 0.15) is 25.3 Å². The molecule has 0 saturated carbocycles. The van der Waals surface area contributed by atoms with Crippen LogP contribution in [0.4, 0.5) is 5.69 Å². The van der Waals surface area contributed by atoms with Crippen molar-refractivity contribution in [3.8, 4) is 6.07 Å². The molecule has 2 aromatic carbocycles. The zero-order valence-electron chi connectivity index (χ0n) is 12.3. The summed E-state index contributed by atoms with van der Waals surface area (Å²) in [5, 5.41) is 14.9. The Kier molecular flexibility index (Phi) is 4.08. The highest BCUT2D eigenvalue weighted by molar-refractivity contribution is 5.97. The van der Waals surface area contributed by atoms with Crippen LogP contribution in [0.2, 0.25) is 0 Å². The Morgan fingerprint density at radius 2 is 2.05 bits per heavy atom. The molecule has 1 N–H and O–H groups in total. The molecule has 1 saturated heterocycles. The molecule has 2 unspecified atom stereocenters. The van der Waals surface area contributed by atoms with Gasteiger partial charge < -0.3 is 10.1 Å². The molecular weight excluding hydrogens is 260 g/mol. The fourth-order valence-corrected chi connectivity index (χ4v) is 3.17. The van der Waals surface area contributed by atoms with E-state index >= 15 is 0 Å². The predicted octanol–water partition coefficient (Wildman–Crippen LogP) is 3.94. The second-order valence-electron chi connectivity index (χ2n) is 5.57. The Morgan fingerprint density at radius 3 is 2.81 bits per heavy atom. The molecule has 1 fully saturated rings. The van der Waals surface area contributed by atoms with Crippen LogP contribution in [-0.2, 0) is 4.74 Å². The lowest BCUT2D eigenvalue weighted by Crippen LogP contribution is -2.22. The number of fused-ring (bicyclic) bond motifs is 1. The summed E-state index contributed by atoms with van der Waals surface area (Å²) in [6.45, 7) is 3.98. The topological polar surface area (TPSA) is 45.0 Å². The Labute approximate surface area is 125 Å². The minimum absolute atomic E-state index is 0.377. The molecule has 0 radical (unpaired) electrons. The number of ether oxygens (including phenoxy) is 1. The fourth-order valence-electron chi connectivity index (χ4n) is 3.17. The second-order valence-corrected chi connectivity index (χ2v) is 5.57. The summed E-state index contributed by atoms with van der Waals surface area (Å²) in [5.41, 5.74) is 1.83. The number of hydrogen-bond donors (Lipinski definition) is 1. The van der Waals surface area contributed by atoms with E-state index in [0.29, 0.717) is 12.0 Å². The molecule has 21 heavy (non-hydrogen) atoms. The van der Waals surface area contributed by atoms with Crippen LogP contribution in [-0.4, -0.2) is 19.3 Å². The molecule has 1 aliphatic heterocycles. The van der Waals surface area contributed by atoms with Crippen molar-refractivity contribution in [1.82, 2.24) is 0 Å². The van der Waals surface area contributed by atoms with E-state index in [0.717, 1.165) is 48.0 Å². The van der Waals surface area contributed by atoms with Crippen molar-refractivity contribution in [1.29, 1.82) is 5.26 Å². The predicted molar refractivity (Wildman–Crippen MR) is 85.3 cm³/mol. The molecular formula is C18H20N2O. The van der Waals surface area contributed by atoms with E-state index < -0.39 is 0 Å². The highest BCUT2D eigenvalue weighted by Gasteiger charge is 2.26. The van der Waals surface area contributed by atoms with E-state index in [1.54, 1.807) is 0 Å². The molecule has 3 rings (SSSR count). The van der Waals surface area contributed by atoms with Gasteiger partial charge in [0, 0.05) is 35.5 Å². The van der Waals surface area contributed by atoms with E-state index in [2.05, 4.69) is 24.4 Å². The number of rotatable bonds is 4. The fraction of sp³-hybridized carbons (Fsp3) is 0.389. The lowest BCUT2D eigenvalue weighted by Gasteiger charge is -2.19. The maximum atomic E-state index is 9.21. The molecule has 2 atom stereocenters. The lowest BCUT2D eigenvalue weighted by molar-refractivity contribution is 0.0900. The molecule has 0 bridgehead atoms. The Bertz CT molecular complexity index is 674. The van der Waals surface area contributed by atoms with E-state index in [-0.39, 0.29) is 0 Å². The molecule has 1 aliphatic rings. The quantitative estimate of drug-likeness (QED) is 0.922. The third-order valence-corrected chi connectivity index (χ3v) is 4.35. The average molecular weight is 280 g/mol. The van der Waals surface area contributed by atoms with E-state index in [1.807, 2.05) is 30.3 Å². The maximum absolute atomic E-state index is 9.21. The number of benzene rings is 2. The van der Waals surface area contributed by atoms with Crippen LogP contribution in [0.15, 0.2) is 36.4 Å². The third-order valence-electron chi connectivity index (χ3n) is 4.35. The van der Waals surface area contributed by atoms with Gasteiger partial charge >= 0.3 is 0 Å². The largest absolute Gasteiger partial charge is 0.384 e. The monoisotopic (exact) mass is 280 g/mol. The average Bonchev–Trinajstić information content (AvgIpc) is 3.00. The first-order valence-electron chi connectivity index (χ1n) is 7.60. The van der Waals surface area contributed by atoms with Crippen molar-refractivity contribution in [3.63, 3.8) is 0 Å². The van der Waals surface area contributed by atoms with Crippen molar-refractivity contribution < 1.29 is 4.74 Å². The van der Waals surface area contributed by atoms with Crippen molar-refractivity contribution in [2.75, 3.05) is 18.5 Å². The van der Waals surface area contributed by atoms with Crippen molar-refractivity contribution in [3.05, 3.63) is 42.0 Å². The normalized spacial score (nSPS) is 21.3. The van der Waals surface area contributed by atoms with E-state index in [9.17, 15) is 5.26 Å². The van der Waals surface area contributed by atoms with Gasteiger partial charge in [-0.3, -0.25) is 0 Å². The summed E-state index contributed by atoms with van der Waals surface area (Å²) >= 11 is 0. The van der Waals surface area contributed by atoms with E-state index in [4.69, 9.17) is 4.74 Å². The third kappa shape index (κ3) is 2.72. The summed E-state index contributed by atoms with van der Waals surface area (Å²) in [6.07, 6.45) is 2.57. The van der Waals surface area contributed by atoms with Gasteiger partial charge in [0.05, 0.1) is 17.7 Å². The minimum atomic E-state index is 0.377. The Hall–Kier alpha value is -2.05. The first-order chi connectivity index (χ1) is 10.3. The van der Waals surface area contributed by atoms with Crippen molar-refractivity contribution in [2.45, 2.75) is 25.9 Å². The van der Waals surface area contributed by atoms with Crippen LogP contribution in [0.3, 0.4) is 0 Å². The van der Waals surface area contributed by atoms with Crippen molar-refractivity contribution >= 4 is 16.5 Å². The zero-order chi connectivity index (χ0) is 14.7. The summed E-state index contributed by atoms with van der Waals surface area (Å²) < 4.78 is 5.74. The SMILES string of the molecule is CCC1OCCC1CNc1ccc(C#N)c2ccccc12. The number of nitriles is 1. The zero-order valence-corrected chi connectivity index (χ0v) is 12.3. The Balaban J connectivity index is 1.83. The van der Waals surface area contributed by atoms with Gasteiger partial charge in [0.2, 0.25) is 0 Å². The van der Waals surface area contributed by atoms with Gasteiger partial charge in [-0.25, -0.2) is 0 Å². The van der Waals surface area contributed by atoms with Crippen LogP contribution in [0.5, 0.6) is 0 Å². The summed E-state index contributed by atoms with van der Waals surface area (Å²) in [6, 6.07) is 14.2. The molecule has 0 aliphatic carbocycles. The lowest BCUT2D eigenvalue weighted by atomic mass is 9.98. The summed E-state index contributed by atoms with van der Waals surface area (Å²) in [5.74, 6) is 0.574. The molecule has 3 heteroatoms. The number of nitrogens with zero attached hydrogens (tertiary/aromatic N) is 1. The van der Waals surface area contributed by atoms with Gasteiger partial charge in [0.15, 0.2) is 0 Å². The first kappa shape index (κ1) is 13.9. The minimum Gasteiger partial charge on any atom is -0.384 e. The first-order valence-corrected chi connectivity index (χ1v) is 7.60. The maximum Gasteiger partial charge on any atom is 0.0998 e. The van der Waals surface area contributed by atoms with Crippen molar-refractivity contribution in [2.24, 2.45) is 5.92 Å². The smallest absolute Gasteiger partial charge is 0.0998 e. The number of anilines is 1. The van der Waals surface area contributed by atoms with Gasteiger partial charge in [-0.15, -0.1) is 0 Å². The molecule has 0 amide bonds. The van der Waals surface area contributed by atoms with Crippen LogP contribution in [0.25, 0.3) is 10.8 Å². The standard InChI is InChI=1S/C18H20N2O/c1-2-18-14(9-10-21-18)12-20-17-8-7-13(11-19)15-5-3-4-6-16(15)17/h3-8,14,18,20H,2,9-10,12H2,1H3. The summed E-state index contributed by atoms with van der Waals surface area (Å²) in [4.78, 5) is 0. The van der Waals surface area contributed by atoms with Crippen LogP contribution in [0, 0.1) is 17.2 Å². The van der Waals surface area contributed by atoms with Gasteiger partial charge in [-0.2, -0.15) is 5.26 Å². The Morgan fingerprint density at radius 1 is 1.24 bits per heavy atom. The molecule has 2 aromatic rings. The number of nitrogens with one attached hydrogen (secondary N) is 1. The molecule has 108 valence electrons. The molecule has 0 spiro atoms. The van der Waals surface area contributed by atoms with Gasteiger partial charge in [0.1, 0.15) is 0 Å². The highest BCUT2D eigenvalue weighted by Crippen LogP contribution is 2.28. The van der Waals surface area contributed by atoms with Gasteiger partial charge in [-0.1, -0.05) is 31.2 Å². The highest BCUT2D eigenvalue weighted by atomic mass is 16.5. The molecule has 0 aromatic heterocycles.